The molecular formula is C17H16Br2N2O3. The van der Waals surface area contributed by atoms with Gasteiger partial charge in [-0.15, -0.1) is 0 Å². The van der Waals surface area contributed by atoms with Crippen LogP contribution in [0.3, 0.4) is 0 Å². The van der Waals surface area contributed by atoms with Crippen LogP contribution in [0.25, 0.3) is 0 Å². The van der Waals surface area contributed by atoms with Crippen molar-refractivity contribution in [3.05, 3.63) is 57.1 Å². The lowest BCUT2D eigenvalue weighted by atomic mass is 10.0. The van der Waals surface area contributed by atoms with Gasteiger partial charge < -0.3 is 10.1 Å². The Balaban J connectivity index is 2.18. The number of carbonyl (C=O) groups excluding carboxylic acids is 2. The van der Waals surface area contributed by atoms with Crippen LogP contribution in [-0.2, 0) is 9.53 Å². The highest BCUT2D eigenvalue weighted by atomic mass is 79.9. The first-order chi connectivity index (χ1) is 11.5. The minimum atomic E-state index is -0.817. The van der Waals surface area contributed by atoms with Crippen molar-refractivity contribution in [1.82, 2.24) is 4.98 Å². The van der Waals surface area contributed by atoms with E-state index in [1.165, 1.54) is 0 Å². The first kappa shape index (κ1) is 18.6. The van der Waals surface area contributed by atoms with Crippen LogP contribution in [0.15, 0.2) is 51.5 Å². The highest BCUT2D eigenvalue weighted by molar-refractivity contribution is 9.11. The summed E-state index contributed by atoms with van der Waals surface area (Å²) in [6.45, 7) is 1.97. The number of nitrogens with one attached hydrogen (secondary N) is 1. The van der Waals surface area contributed by atoms with Gasteiger partial charge in [0.15, 0.2) is 5.78 Å². The van der Waals surface area contributed by atoms with E-state index in [1.54, 1.807) is 43.5 Å². The fourth-order valence-electron chi connectivity index (χ4n) is 2.05. The Bertz CT molecular complexity index is 723. The van der Waals surface area contributed by atoms with Gasteiger partial charge in [-0.2, -0.15) is 0 Å². The largest absolute Gasteiger partial charge is 0.464 e. The molecule has 1 aromatic carbocycles. The maximum absolute atomic E-state index is 12.4. The van der Waals surface area contributed by atoms with E-state index in [2.05, 4.69) is 42.2 Å². The number of pyridine rings is 1. The van der Waals surface area contributed by atoms with Crippen molar-refractivity contribution in [3.63, 3.8) is 0 Å². The summed E-state index contributed by atoms with van der Waals surface area (Å²) < 4.78 is 6.55. The highest BCUT2D eigenvalue weighted by Crippen LogP contribution is 2.25. The van der Waals surface area contributed by atoms with Crippen LogP contribution in [0.4, 0.5) is 5.82 Å². The van der Waals surface area contributed by atoms with Crippen LogP contribution in [-0.4, -0.2) is 29.4 Å². The van der Waals surface area contributed by atoms with Gasteiger partial charge in [0.2, 0.25) is 0 Å². The topological polar surface area (TPSA) is 68.3 Å². The van der Waals surface area contributed by atoms with E-state index in [0.29, 0.717) is 15.9 Å². The number of esters is 1. The number of hydrogen-bond donors (Lipinski definition) is 1. The van der Waals surface area contributed by atoms with Crippen LogP contribution < -0.4 is 5.32 Å². The van der Waals surface area contributed by atoms with Crippen LogP contribution in [0.1, 0.15) is 23.7 Å². The van der Waals surface area contributed by atoms with Gasteiger partial charge in [0, 0.05) is 22.7 Å². The van der Waals surface area contributed by atoms with Crippen molar-refractivity contribution in [2.24, 2.45) is 0 Å². The average molecular weight is 456 g/mol. The van der Waals surface area contributed by atoms with Gasteiger partial charge in [-0.05, 0) is 44.8 Å². The van der Waals surface area contributed by atoms with E-state index in [0.717, 1.165) is 4.47 Å². The SMILES string of the molecule is CCOC(=O)C(CC(=O)c1ccccc1)Nc1ncc(Br)cc1Br. The number of nitrogens with zero attached hydrogens (tertiary/aromatic N) is 1. The van der Waals surface area contributed by atoms with Crippen molar-refractivity contribution >= 4 is 49.4 Å². The summed E-state index contributed by atoms with van der Waals surface area (Å²) in [5.74, 6) is -0.162. The smallest absolute Gasteiger partial charge is 0.329 e. The molecular weight excluding hydrogens is 440 g/mol. The molecule has 1 aromatic heterocycles. The minimum absolute atomic E-state index is 0.0208. The molecule has 24 heavy (non-hydrogen) atoms. The Morgan fingerprint density at radius 3 is 2.58 bits per heavy atom. The molecule has 5 nitrogen and oxygen atoms in total. The molecule has 0 aliphatic rings. The van der Waals surface area contributed by atoms with Crippen molar-refractivity contribution in [1.29, 1.82) is 0 Å². The van der Waals surface area contributed by atoms with Crippen molar-refractivity contribution in [3.8, 4) is 0 Å². The Labute approximate surface area is 157 Å². The maximum Gasteiger partial charge on any atom is 0.329 e. The summed E-state index contributed by atoms with van der Waals surface area (Å²) in [4.78, 5) is 28.8. The molecule has 0 amide bonds. The number of benzene rings is 1. The third-order valence-electron chi connectivity index (χ3n) is 3.18. The Morgan fingerprint density at radius 1 is 1.25 bits per heavy atom. The van der Waals surface area contributed by atoms with Gasteiger partial charge >= 0.3 is 5.97 Å². The highest BCUT2D eigenvalue weighted by Gasteiger charge is 2.25. The standard InChI is InChI=1S/C17H16Br2N2O3/c1-2-24-17(23)14(9-15(22)11-6-4-3-5-7-11)21-16-13(19)8-12(18)10-20-16/h3-8,10,14H,2,9H2,1H3,(H,20,21). The average Bonchev–Trinajstić information content (AvgIpc) is 2.57. The molecule has 0 aliphatic carbocycles. The lowest BCUT2D eigenvalue weighted by molar-refractivity contribution is -0.144. The lowest BCUT2D eigenvalue weighted by Gasteiger charge is -2.18. The first-order valence-corrected chi connectivity index (χ1v) is 8.92. The fraction of sp³-hybridized carbons (Fsp3) is 0.235. The predicted molar refractivity (Wildman–Crippen MR) is 99.1 cm³/mol. The molecule has 1 atom stereocenters. The first-order valence-electron chi connectivity index (χ1n) is 7.33. The fourth-order valence-corrected chi connectivity index (χ4v) is 3.15. The quantitative estimate of drug-likeness (QED) is 0.500. The third-order valence-corrected chi connectivity index (χ3v) is 4.21. The van der Waals surface area contributed by atoms with E-state index in [4.69, 9.17) is 4.74 Å². The molecule has 0 spiro atoms. The molecule has 1 heterocycles. The van der Waals surface area contributed by atoms with Crippen molar-refractivity contribution < 1.29 is 14.3 Å². The molecule has 126 valence electrons. The molecule has 0 fully saturated rings. The number of halogens is 2. The summed E-state index contributed by atoms with van der Waals surface area (Å²) in [6.07, 6.45) is 1.58. The molecule has 0 aliphatic heterocycles. The number of hydrogen-bond acceptors (Lipinski definition) is 5. The molecule has 0 radical (unpaired) electrons. The molecule has 0 saturated heterocycles. The van der Waals surface area contributed by atoms with Gasteiger partial charge in [0.1, 0.15) is 11.9 Å². The summed E-state index contributed by atoms with van der Waals surface area (Å²) in [7, 11) is 0. The van der Waals surface area contributed by atoms with Crippen LogP contribution in [0, 0.1) is 0 Å². The predicted octanol–water partition coefficient (Wildman–Crippen LogP) is 4.22. The van der Waals surface area contributed by atoms with E-state index < -0.39 is 12.0 Å². The zero-order valence-electron chi connectivity index (χ0n) is 13.0. The van der Waals surface area contributed by atoms with Crippen molar-refractivity contribution in [2.45, 2.75) is 19.4 Å². The number of aromatic nitrogens is 1. The Hall–Kier alpha value is -1.73. The number of anilines is 1. The number of Topliss-reactive ketones (excluding diaryl/α,β-unsaturated/α-hetero) is 1. The van der Waals surface area contributed by atoms with Crippen LogP contribution in [0.5, 0.6) is 0 Å². The number of ketones is 1. The molecule has 2 rings (SSSR count). The summed E-state index contributed by atoms with van der Waals surface area (Å²) in [6, 6.07) is 9.83. The minimum Gasteiger partial charge on any atom is -0.464 e. The Morgan fingerprint density at radius 2 is 1.96 bits per heavy atom. The van der Waals surface area contributed by atoms with Crippen molar-refractivity contribution in [2.75, 3.05) is 11.9 Å². The van der Waals surface area contributed by atoms with Gasteiger partial charge in [0.25, 0.3) is 0 Å². The third kappa shape index (κ3) is 5.14. The zero-order valence-corrected chi connectivity index (χ0v) is 16.1. The van der Waals surface area contributed by atoms with Gasteiger partial charge in [-0.1, -0.05) is 30.3 Å². The number of rotatable bonds is 7. The van der Waals surface area contributed by atoms with Crippen LogP contribution >= 0.6 is 31.9 Å². The van der Waals surface area contributed by atoms with E-state index in [-0.39, 0.29) is 18.8 Å². The second kappa shape index (κ2) is 8.94. The Kier molecular flexibility index (Phi) is 6.93. The van der Waals surface area contributed by atoms with Gasteiger partial charge in [-0.25, -0.2) is 9.78 Å². The van der Waals surface area contributed by atoms with E-state index in [9.17, 15) is 9.59 Å². The summed E-state index contributed by atoms with van der Waals surface area (Å²) in [5, 5.41) is 2.99. The zero-order chi connectivity index (χ0) is 17.5. The number of ether oxygens (including phenoxy) is 1. The summed E-state index contributed by atoms with van der Waals surface area (Å²) >= 11 is 6.70. The van der Waals surface area contributed by atoms with E-state index in [1.807, 2.05) is 6.07 Å². The maximum atomic E-state index is 12.4. The lowest BCUT2D eigenvalue weighted by Crippen LogP contribution is -2.34. The van der Waals surface area contributed by atoms with Crippen LogP contribution in [0.2, 0.25) is 0 Å². The molecule has 0 saturated carbocycles. The molecule has 7 heteroatoms. The summed E-state index contributed by atoms with van der Waals surface area (Å²) in [5.41, 5.74) is 0.552. The van der Waals surface area contributed by atoms with Gasteiger partial charge in [0.05, 0.1) is 11.1 Å². The number of carbonyl (C=O) groups is 2. The van der Waals surface area contributed by atoms with E-state index >= 15 is 0 Å². The van der Waals surface area contributed by atoms with Gasteiger partial charge in [-0.3, -0.25) is 4.79 Å². The molecule has 0 bridgehead atoms. The monoisotopic (exact) mass is 454 g/mol. The molecule has 1 unspecified atom stereocenters. The second-order valence-electron chi connectivity index (χ2n) is 4.93. The normalized spacial score (nSPS) is 11.6. The molecule has 2 aromatic rings. The second-order valence-corrected chi connectivity index (χ2v) is 6.70. The molecule has 1 N–H and O–H groups in total.